The van der Waals surface area contributed by atoms with Gasteiger partial charge in [-0.2, -0.15) is 23.1 Å². The lowest BCUT2D eigenvalue weighted by molar-refractivity contribution is -0.140. The van der Waals surface area contributed by atoms with Gasteiger partial charge in [-0.1, -0.05) is 6.42 Å². The lowest BCUT2D eigenvalue weighted by atomic mass is 9.90. The largest absolute Gasteiger partial charge is 0.461 e. The number of rotatable bonds is 5. The normalized spacial score (nSPS) is 30.8. The minimum absolute atomic E-state index is 0.0826. The van der Waals surface area contributed by atoms with Crippen molar-refractivity contribution in [2.45, 2.75) is 94.6 Å². The van der Waals surface area contributed by atoms with Crippen LogP contribution in [0, 0.1) is 12.7 Å². The molecular weight excluding hydrogens is 571 g/mol. The molecule has 3 N–H and O–H groups in total. The first-order valence-electron chi connectivity index (χ1n) is 15.2. The van der Waals surface area contributed by atoms with Crippen molar-refractivity contribution in [3.8, 4) is 6.01 Å². The number of nitrogen functional groups attached to an aromatic ring is 1. The molecule has 7 rings (SSSR count). The van der Waals surface area contributed by atoms with Crippen molar-refractivity contribution in [1.82, 2.24) is 20.2 Å². The Hall–Kier alpha value is -2.77. The van der Waals surface area contributed by atoms with Gasteiger partial charge in [0.25, 0.3) is 0 Å². The number of benzene rings is 1. The summed E-state index contributed by atoms with van der Waals surface area (Å²) in [6.07, 6.45) is -1.68. The first-order chi connectivity index (χ1) is 20.5. The molecule has 5 atom stereocenters. The van der Waals surface area contributed by atoms with Gasteiger partial charge in [0.2, 0.25) is 0 Å². The number of nitrogens with two attached hydrogens (primary N) is 1. The van der Waals surface area contributed by atoms with E-state index in [0.717, 1.165) is 44.7 Å². The van der Waals surface area contributed by atoms with Crippen LogP contribution in [0.2, 0.25) is 0 Å². The van der Waals surface area contributed by atoms with Crippen LogP contribution in [0.25, 0.3) is 0 Å². The van der Waals surface area contributed by atoms with Crippen LogP contribution in [0.15, 0.2) is 6.07 Å². The van der Waals surface area contributed by atoms with E-state index in [4.69, 9.17) is 20.2 Å². The van der Waals surface area contributed by atoms with Crippen molar-refractivity contribution < 1.29 is 31.4 Å². The Kier molecular flexibility index (Phi) is 7.20. The Bertz CT molecular complexity index is 1400. The lowest BCUT2D eigenvalue weighted by Gasteiger charge is -2.44. The van der Waals surface area contributed by atoms with Gasteiger partial charge in [0.05, 0.1) is 35.2 Å². The standard InChI is InChI=1S/C30H37F5N6O2/c1-16-8-21(36)26(32)24(25(16)30(33,34)35)23-9-22-20(14-42-23)27(40-12-18-4-2-5-19(13-40)37-18)39-28(38-22)43-15-29-6-3-7-41(29)11-17(31)10-29/h8,17-19,23,37H,2-7,9-15,36H2,1H3/t17-,18?,19?,23-,29+/m1/s1. The Labute approximate surface area is 247 Å². The third-order valence-electron chi connectivity index (χ3n) is 9.98. The SMILES string of the molecule is Cc1cc(N)c(F)c([C@H]2Cc3nc(OC[C@@]45CCCN4C[C@H](F)C5)nc(N4CC5CCCC(C4)N5)c3CO2)c1C(F)(F)F. The topological polar surface area (TPSA) is 88.8 Å². The van der Waals surface area contributed by atoms with Crippen LogP contribution in [0.4, 0.5) is 33.5 Å². The quantitative estimate of drug-likeness (QED) is 0.376. The smallest absolute Gasteiger partial charge is 0.417 e. The molecule has 6 heterocycles. The molecule has 4 fully saturated rings. The maximum absolute atomic E-state index is 15.3. The zero-order valence-electron chi connectivity index (χ0n) is 24.2. The average molecular weight is 609 g/mol. The number of nitrogens with zero attached hydrogens (tertiary/aromatic N) is 4. The third-order valence-corrected chi connectivity index (χ3v) is 9.98. The first-order valence-corrected chi connectivity index (χ1v) is 15.2. The molecule has 0 amide bonds. The zero-order chi connectivity index (χ0) is 30.1. The number of fused-ring (bicyclic) bond motifs is 4. The molecule has 0 aliphatic carbocycles. The fraction of sp³-hybridized carbons (Fsp3) is 0.667. The summed E-state index contributed by atoms with van der Waals surface area (Å²) in [6, 6.07) is 1.69. The van der Waals surface area contributed by atoms with Crippen molar-refractivity contribution in [1.29, 1.82) is 0 Å². The van der Waals surface area contributed by atoms with Crippen molar-refractivity contribution in [3.63, 3.8) is 0 Å². The van der Waals surface area contributed by atoms with Crippen molar-refractivity contribution in [2.24, 2.45) is 0 Å². The summed E-state index contributed by atoms with van der Waals surface area (Å²) >= 11 is 0. The number of piperazine rings is 1. The number of ether oxygens (including phenoxy) is 2. The predicted molar refractivity (Wildman–Crippen MR) is 149 cm³/mol. The van der Waals surface area contributed by atoms with E-state index in [0.29, 0.717) is 55.2 Å². The number of aryl methyl sites for hydroxylation is 1. The Morgan fingerprint density at radius 1 is 1.16 bits per heavy atom. The molecule has 0 radical (unpaired) electrons. The van der Waals surface area contributed by atoms with Gasteiger partial charge in [0.1, 0.15) is 18.6 Å². The van der Waals surface area contributed by atoms with Crippen LogP contribution in [0.1, 0.15) is 72.6 Å². The Balaban J connectivity index is 1.25. The highest BCUT2D eigenvalue weighted by atomic mass is 19.4. The molecule has 0 saturated carbocycles. The monoisotopic (exact) mass is 608 g/mol. The van der Waals surface area contributed by atoms with Crippen LogP contribution in [0.5, 0.6) is 6.01 Å². The molecule has 2 aromatic rings. The molecule has 5 aliphatic rings. The van der Waals surface area contributed by atoms with Crippen LogP contribution in [-0.2, 0) is 23.9 Å². The average Bonchev–Trinajstić information content (AvgIpc) is 3.47. The second-order valence-electron chi connectivity index (χ2n) is 12.9. The summed E-state index contributed by atoms with van der Waals surface area (Å²) in [5.41, 5.74) is 4.30. The van der Waals surface area contributed by atoms with E-state index in [2.05, 4.69) is 20.1 Å². The maximum Gasteiger partial charge on any atom is 0.417 e. The molecule has 5 aliphatic heterocycles. The van der Waals surface area contributed by atoms with Gasteiger partial charge < -0.3 is 25.4 Å². The van der Waals surface area contributed by atoms with Crippen molar-refractivity contribution >= 4 is 11.5 Å². The van der Waals surface area contributed by atoms with E-state index >= 15 is 4.39 Å². The molecule has 43 heavy (non-hydrogen) atoms. The molecular formula is C30H37F5N6O2. The number of alkyl halides is 4. The van der Waals surface area contributed by atoms with E-state index < -0.39 is 40.9 Å². The number of piperidine rings is 1. The van der Waals surface area contributed by atoms with E-state index in [1.807, 2.05) is 0 Å². The number of aromatic nitrogens is 2. The molecule has 1 aromatic heterocycles. The highest BCUT2D eigenvalue weighted by molar-refractivity contribution is 5.55. The van der Waals surface area contributed by atoms with Crippen LogP contribution >= 0.6 is 0 Å². The zero-order valence-corrected chi connectivity index (χ0v) is 24.2. The second kappa shape index (κ2) is 10.7. The summed E-state index contributed by atoms with van der Waals surface area (Å²) in [4.78, 5) is 13.8. The summed E-state index contributed by atoms with van der Waals surface area (Å²) in [5.74, 6) is -0.498. The summed E-state index contributed by atoms with van der Waals surface area (Å²) in [5, 5.41) is 3.65. The molecule has 4 saturated heterocycles. The molecule has 13 heteroatoms. The molecule has 0 spiro atoms. The van der Waals surface area contributed by atoms with Gasteiger partial charge in [0, 0.05) is 55.7 Å². The van der Waals surface area contributed by atoms with E-state index in [-0.39, 0.29) is 36.9 Å². The minimum Gasteiger partial charge on any atom is -0.461 e. The number of halogens is 5. The number of hydrogen-bond donors (Lipinski definition) is 2. The number of hydrogen-bond acceptors (Lipinski definition) is 8. The maximum atomic E-state index is 15.3. The minimum atomic E-state index is -4.80. The fourth-order valence-electron chi connectivity index (χ4n) is 8.09. The molecule has 2 bridgehead atoms. The highest BCUT2D eigenvalue weighted by Crippen LogP contribution is 2.45. The molecule has 1 aromatic carbocycles. The highest BCUT2D eigenvalue weighted by Gasteiger charge is 2.49. The van der Waals surface area contributed by atoms with Crippen LogP contribution in [0.3, 0.4) is 0 Å². The molecule has 234 valence electrons. The van der Waals surface area contributed by atoms with Gasteiger partial charge in [0.15, 0.2) is 5.82 Å². The van der Waals surface area contributed by atoms with Gasteiger partial charge in [-0.05, 0) is 50.8 Å². The van der Waals surface area contributed by atoms with E-state index in [9.17, 15) is 17.6 Å². The van der Waals surface area contributed by atoms with E-state index in [1.165, 1.54) is 6.92 Å². The van der Waals surface area contributed by atoms with Gasteiger partial charge in [-0.25, -0.2) is 8.78 Å². The van der Waals surface area contributed by atoms with Crippen LogP contribution < -0.4 is 20.7 Å². The molecule has 2 unspecified atom stereocenters. The summed E-state index contributed by atoms with van der Waals surface area (Å²) < 4.78 is 84.5. The van der Waals surface area contributed by atoms with Crippen molar-refractivity contribution in [2.75, 3.05) is 43.4 Å². The molecule has 8 nitrogen and oxygen atoms in total. The number of nitrogens with one attached hydrogen (secondary N) is 1. The van der Waals surface area contributed by atoms with Gasteiger partial charge in [-0.3, -0.25) is 4.90 Å². The summed E-state index contributed by atoms with van der Waals surface area (Å²) in [7, 11) is 0. The first kappa shape index (κ1) is 29.0. The van der Waals surface area contributed by atoms with Crippen LogP contribution in [-0.4, -0.2) is 71.4 Å². The predicted octanol–water partition coefficient (Wildman–Crippen LogP) is 4.63. The Morgan fingerprint density at radius 2 is 1.93 bits per heavy atom. The third kappa shape index (κ3) is 5.20. The van der Waals surface area contributed by atoms with Gasteiger partial charge >= 0.3 is 12.2 Å². The van der Waals surface area contributed by atoms with Gasteiger partial charge in [-0.15, -0.1) is 0 Å². The lowest BCUT2D eigenvalue weighted by Crippen LogP contribution is -2.59. The second-order valence-corrected chi connectivity index (χ2v) is 12.9. The number of anilines is 2. The fourth-order valence-corrected chi connectivity index (χ4v) is 8.09. The Morgan fingerprint density at radius 3 is 2.67 bits per heavy atom. The van der Waals surface area contributed by atoms with E-state index in [1.54, 1.807) is 0 Å². The summed E-state index contributed by atoms with van der Waals surface area (Å²) in [6.45, 7) is 4.03. The van der Waals surface area contributed by atoms with Crippen molar-refractivity contribution in [3.05, 3.63) is 39.8 Å².